The molecule has 0 saturated carbocycles. The molecule has 0 saturated heterocycles. The first-order valence-electron chi connectivity index (χ1n) is 8.69. The first-order valence-corrected chi connectivity index (χ1v) is 8.69. The summed E-state index contributed by atoms with van der Waals surface area (Å²) in [5.41, 5.74) is -0.328. The number of aryl methyl sites for hydroxylation is 1. The molecular formula is C19H21N5O4. The van der Waals surface area contributed by atoms with Crippen molar-refractivity contribution in [3.8, 4) is 5.69 Å². The van der Waals surface area contributed by atoms with E-state index in [1.54, 1.807) is 12.1 Å². The van der Waals surface area contributed by atoms with Gasteiger partial charge in [-0.3, -0.25) is 14.4 Å². The van der Waals surface area contributed by atoms with E-state index in [-0.39, 0.29) is 11.1 Å². The van der Waals surface area contributed by atoms with Crippen molar-refractivity contribution >= 4 is 17.9 Å². The summed E-state index contributed by atoms with van der Waals surface area (Å²) in [5, 5.41) is 8.65. The van der Waals surface area contributed by atoms with Crippen molar-refractivity contribution in [3.63, 3.8) is 0 Å². The van der Waals surface area contributed by atoms with E-state index in [4.69, 9.17) is 0 Å². The molecule has 146 valence electrons. The number of carbonyl (C=O) groups excluding carboxylic acids is 2. The Morgan fingerprint density at radius 3 is 2.14 bits per heavy atom. The Morgan fingerprint density at radius 1 is 0.964 bits per heavy atom. The van der Waals surface area contributed by atoms with Gasteiger partial charge in [0.25, 0.3) is 5.56 Å². The second-order valence-electron chi connectivity index (χ2n) is 7.66. The zero-order valence-corrected chi connectivity index (χ0v) is 16.3. The van der Waals surface area contributed by atoms with Crippen LogP contribution < -0.4 is 11.2 Å². The number of hydrogen-bond donors (Lipinski definition) is 0. The molecule has 2 aromatic rings. The fraction of sp³-hybridized carbons (Fsp3) is 0.368. The molecule has 1 aromatic heterocycles. The summed E-state index contributed by atoms with van der Waals surface area (Å²) in [6, 6.07) is 7.02. The van der Waals surface area contributed by atoms with Crippen LogP contribution in [-0.4, -0.2) is 44.3 Å². The molecule has 0 N–H and O–H groups in total. The first kappa shape index (κ1) is 19.4. The molecule has 0 aliphatic carbocycles. The van der Waals surface area contributed by atoms with E-state index in [1.807, 2.05) is 12.1 Å². The highest BCUT2D eigenvalue weighted by molar-refractivity contribution is 6.42. The van der Waals surface area contributed by atoms with Gasteiger partial charge in [-0.1, -0.05) is 32.9 Å². The van der Waals surface area contributed by atoms with Crippen molar-refractivity contribution in [1.82, 2.24) is 19.4 Å². The number of likely N-dealkylation sites (N-methyl/N-ethyl adjacent to an activating group) is 1. The summed E-state index contributed by atoms with van der Waals surface area (Å²) in [7, 11) is 2.72. The van der Waals surface area contributed by atoms with Crippen molar-refractivity contribution in [1.29, 1.82) is 0 Å². The summed E-state index contributed by atoms with van der Waals surface area (Å²) in [6.07, 6.45) is 1.19. The number of carbonyl (C=O) groups is 2. The maximum Gasteiger partial charge on any atom is 0.351 e. The predicted octanol–water partition coefficient (Wildman–Crippen LogP) is 0.339. The molecule has 9 heteroatoms. The van der Waals surface area contributed by atoms with E-state index in [9.17, 15) is 19.2 Å². The second-order valence-corrected chi connectivity index (χ2v) is 7.66. The molecule has 1 amide bonds. The van der Waals surface area contributed by atoms with Gasteiger partial charge in [0.05, 0.1) is 5.69 Å². The minimum absolute atomic E-state index is 0.0881. The largest absolute Gasteiger partial charge is 0.351 e. The van der Waals surface area contributed by atoms with Crippen LogP contribution in [-0.2, 0) is 22.1 Å². The third-order valence-corrected chi connectivity index (χ3v) is 4.61. The van der Waals surface area contributed by atoms with E-state index in [1.165, 1.54) is 20.3 Å². The molecule has 28 heavy (non-hydrogen) atoms. The number of amides is 1. The Labute approximate surface area is 160 Å². The van der Waals surface area contributed by atoms with Gasteiger partial charge in [0.1, 0.15) is 11.6 Å². The molecule has 0 bridgehead atoms. The third kappa shape index (κ3) is 3.19. The van der Waals surface area contributed by atoms with Crippen molar-refractivity contribution in [2.75, 3.05) is 7.05 Å². The summed E-state index contributed by atoms with van der Waals surface area (Å²) >= 11 is 0. The van der Waals surface area contributed by atoms with Gasteiger partial charge in [-0.05, 0) is 23.1 Å². The highest BCUT2D eigenvalue weighted by Gasteiger charge is 2.35. The van der Waals surface area contributed by atoms with E-state index in [0.29, 0.717) is 5.69 Å². The van der Waals surface area contributed by atoms with Crippen LogP contribution in [0.25, 0.3) is 5.69 Å². The van der Waals surface area contributed by atoms with Crippen LogP contribution in [0.5, 0.6) is 0 Å². The lowest BCUT2D eigenvalue weighted by atomic mass is 9.87. The van der Waals surface area contributed by atoms with Gasteiger partial charge in [0.2, 0.25) is 5.78 Å². The molecule has 0 spiro atoms. The second kappa shape index (κ2) is 6.66. The average molecular weight is 383 g/mol. The zero-order chi connectivity index (χ0) is 20.8. The minimum Gasteiger partial charge on any atom is -0.287 e. The SMILES string of the molecule is CN1N=CC(c2nn(C)c(=O)n(-c3ccc(C(C)(C)C)cc3)c2=O)C(=O)C1=O. The van der Waals surface area contributed by atoms with Gasteiger partial charge < -0.3 is 0 Å². The lowest BCUT2D eigenvalue weighted by Crippen LogP contribution is -2.46. The van der Waals surface area contributed by atoms with E-state index in [0.717, 1.165) is 19.8 Å². The standard InChI is InChI=1S/C19H21N5O4/c1-19(2,3)11-6-8-12(9-7-11)24-16(26)14(21-23(5)18(24)28)13-10-20-22(4)17(27)15(13)25/h6-10,13H,1-5H3. The van der Waals surface area contributed by atoms with Gasteiger partial charge >= 0.3 is 11.6 Å². The zero-order valence-electron chi connectivity index (χ0n) is 16.3. The van der Waals surface area contributed by atoms with Crippen LogP contribution in [0.3, 0.4) is 0 Å². The van der Waals surface area contributed by atoms with E-state index in [2.05, 4.69) is 31.0 Å². The van der Waals surface area contributed by atoms with Crippen LogP contribution in [0.4, 0.5) is 0 Å². The van der Waals surface area contributed by atoms with Gasteiger partial charge in [-0.15, -0.1) is 0 Å². The Morgan fingerprint density at radius 2 is 1.57 bits per heavy atom. The molecule has 0 radical (unpaired) electrons. The topological polar surface area (TPSA) is 107 Å². The summed E-state index contributed by atoms with van der Waals surface area (Å²) in [5.74, 6) is -2.90. The van der Waals surface area contributed by atoms with E-state index < -0.39 is 28.9 Å². The van der Waals surface area contributed by atoms with Crippen LogP contribution in [0.15, 0.2) is 39.0 Å². The Hall–Kier alpha value is -3.36. The number of aromatic nitrogens is 3. The van der Waals surface area contributed by atoms with Crippen LogP contribution >= 0.6 is 0 Å². The number of ketones is 1. The normalized spacial score (nSPS) is 17.3. The Kier molecular flexibility index (Phi) is 4.62. The molecule has 9 nitrogen and oxygen atoms in total. The number of benzene rings is 1. The maximum absolute atomic E-state index is 13.0. The molecule has 2 heterocycles. The monoisotopic (exact) mass is 383 g/mol. The smallest absolute Gasteiger partial charge is 0.287 e. The van der Waals surface area contributed by atoms with Gasteiger partial charge in [0.15, 0.2) is 0 Å². The fourth-order valence-corrected chi connectivity index (χ4v) is 2.90. The van der Waals surface area contributed by atoms with Crippen LogP contribution in [0, 0.1) is 0 Å². The number of nitrogens with zero attached hydrogens (tertiary/aromatic N) is 5. The Balaban J connectivity index is 2.18. The molecule has 1 aliphatic heterocycles. The number of hydrogen-bond acceptors (Lipinski definition) is 6. The molecule has 1 aliphatic rings. The highest BCUT2D eigenvalue weighted by Crippen LogP contribution is 2.22. The molecule has 1 unspecified atom stereocenters. The molecule has 1 atom stereocenters. The van der Waals surface area contributed by atoms with Gasteiger partial charge in [-0.25, -0.2) is 19.1 Å². The van der Waals surface area contributed by atoms with E-state index >= 15 is 0 Å². The number of Topliss-reactive ketones (excluding diaryl/α,β-unsaturated/α-hetero) is 1. The molecule has 3 rings (SSSR count). The summed E-state index contributed by atoms with van der Waals surface area (Å²) < 4.78 is 1.91. The minimum atomic E-state index is -1.23. The molecule has 0 fully saturated rings. The van der Waals surface area contributed by atoms with Gasteiger partial charge in [-0.2, -0.15) is 10.2 Å². The first-order chi connectivity index (χ1) is 13.0. The van der Waals surface area contributed by atoms with Crippen LogP contribution in [0.1, 0.15) is 37.9 Å². The van der Waals surface area contributed by atoms with Crippen molar-refractivity contribution in [2.24, 2.45) is 12.1 Å². The van der Waals surface area contributed by atoms with Crippen LogP contribution in [0.2, 0.25) is 0 Å². The fourth-order valence-electron chi connectivity index (χ4n) is 2.90. The molecule has 1 aromatic carbocycles. The van der Waals surface area contributed by atoms with Crippen molar-refractivity contribution < 1.29 is 9.59 Å². The predicted molar refractivity (Wildman–Crippen MR) is 103 cm³/mol. The highest BCUT2D eigenvalue weighted by atomic mass is 16.2. The lowest BCUT2D eigenvalue weighted by Gasteiger charge is -2.21. The van der Waals surface area contributed by atoms with Gasteiger partial charge in [0, 0.05) is 20.3 Å². The summed E-state index contributed by atoms with van der Waals surface area (Å²) in [6.45, 7) is 6.17. The quantitative estimate of drug-likeness (QED) is 0.695. The summed E-state index contributed by atoms with van der Waals surface area (Å²) in [4.78, 5) is 49.8. The number of hydrazone groups is 1. The molecular weight excluding hydrogens is 362 g/mol. The maximum atomic E-state index is 13.0. The Bertz CT molecular complexity index is 1100. The average Bonchev–Trinajstić information content (AvgIpc) is 2.63. The lowest BCUT2D eigenvalue weighted by molar-refractivity contribution is -0.144. The van der Waals surface area contributed by atoms with Crippen molar-refractivity contribution in [3.05, 3.63) is 56.4 Å². The van der Waals surface area contributed by atoms with Crippen molar-refractivity contribution in [2.45, 2.75) is 32.1 Å². The number of rotatable bonds is 2. The third-order valence-electron chi connectivity index (χ3n) is 4.61.